The van der Waals surface area contributed by atoms with Crippen LogP contribution in [0, 0.1) is 18.6 Å². The molecule has 0 saturated heterocycles. The lowest BCUT2D eigenvalue weighted by Gasteiger charge is -2.04. The van der Waals surface area contributed by atoms with Gasteiger partial charge in [-0.3, -0.25) is 4.68 Å². The van der Waals surface area contributed by atoms with Gasteiger partial charge >= 0.3 is 0 Å². The van der Waals surface area contributed by atoms with Gasteiger partial charge in [0.2, 0.25) is 0 Å². The topological polar surface area (TPSA) is 17.8 Å². The summed E-state index contributed by atoms with van der Waals surface area (Å²) in [5.41, 5.74) is 1.08. The first-order chi connectivity index (χ1) is 9.00. The smallest absolute Gasteiger partial charge is 0.135 e. The van der Waals surface area contributed by atoms with E-state index in [0.29, 0.717) is 5.69 Å². The molecule has 0 atom stereocenters. The van der Waals surface area contributed by atoms with Crippen molar-refractivity contribution in [2.75, 3.05) is 0 Å². The number of benzene rings is 1. The number of halogens is 2. The second-order valence-corrected chi connectivity index (χ2v) is 4.33. The molecule has 1 aromatic heterocycles. The molecule has 2 aromatic rings. The summed E-state index contributed by atoms with van der Waals surface area (Å²) < 4.78 is 29.0. The first-order valence-corrected chi connectivity index (χ1v) is 6.51. The van der Waals surface area contributed by atoms with Crippen molar-refractivity contribution in [3.63, 3.8) is 0 Å². The Labute approximate surface area is 113 Å². The second-order valence-electron chi connectivity index (χ2n) is 4.33. The molecular weight excluding hydrogens is 246 g/mol. The van der Waals surface area contributed by atoms with E-state index in [1.807, 2.05) is 27.7 Å². The largest absolute Gasteiger partial charge is 0.269 e. The quantitative estimate of drug-likeness (QED) is 0.767. The van der Waals surface area contributed by atoms with Gasteiger partial charge < -0.3 is 0 Å². The van der Waals surface area contributed by atoms with Crippen LogP contribution in [0.25, 0.3) is 11.3 Å². The van der Waals surface area contributed by atoms with Crippen LogP contribution in [0.4, 0.5) is 8.78 Å². The van der Waals surface area contributed by atoms with Gasteiger partial charge in [0.05, 0.1) is 5.56 Å². The zero-order chi connectivity index (χ0) is 14.6. The average molecular weight is 266 g/mol. The summed E-state index contributed by atoms with van der Waals surface area (Å²) in [6, 6.07) is 4.00. The van der Waals surface area contributed by atoms with E-state index in [-0.39, 0.29) is 11.6 Å². The third-order valence-corrected chi connectivity index (χ3v) is 2.64. The summed E-state index contributed by atoms with van der Waals surface area (Å²) in [6.45, 7) is 9.73. The molecule has 0 bridgehead atoms. The molecule has 0 spiro atoms. The molecule has 1 heterocycles. The lowest BCUT2D eigenvalue weighted by atomic mass is 10.1. The van der Waals surface area contributed by atoms with E-state index in [2.05, 4.69) is 5.10 Å². The van der Waals surface area contributed by atoms with E-state index in [1.54, 1.807) is 17.8 Å². The van der Waals surface area contributed by atoms with Crippen LogP contribution in [0.2, 0.25) is 0 Å². The molecule has 0 N–H and O–H groups in total. The normalized spacial score (nSPS) is 10.3. The Morgan fingerprint density at radius 1 is 1.11 bits per heavy atom. The Kier molecular flexibility index (Phi) is 5.21. The molecule has 19 heavy (non-hydrogen) atoms. The van der Waals surface area contributed by atoms with Gasteiger partial charge in [0.15, 0.2) is 0 Å². The standard InChI is InChI=1S/C13H14F2N2.C2H6/c1-8(2)17-7-9(3)13(16-17)12-10(14)5-4-6-11(12)15;1-2/h4-8H,1-3H3;1-2H3. The predicted octanol–water partition coefficient (Wildman–Crippen LogP) is 4.74. The molecule has 0 saturated carbocycles. The van der Waals surface area contributed by atoms with Crippen molar-refractivity contribution in [3.8, 4) is 11.3 Å². The molecule has 0 unspecified atom stereocenters. The fourth-order valence-corrected chi connectivity index (χ4v) is 1.72. The van der Waals surface area contributed by atoms with Crippen LogP contribution in [0.1, 0.15) is 39.3 Å². The van der Waals surface area contributed by atoms with Crippen LogP contribution in [0.3, 0.4) is 0 Å². The Balaban J connectivity index is 0.000000861. The van der Waals surface area contributed by atoms with E-state index < -0.39 is 11.6 Å². The number of aryl methyl sites for hydroxylation is 1. The zero-order valence-electron chi connectivity index (χ0n) is 12.0. The SMILES string of the molecule is CC.Cc1cn(C(C)C)nc1-c1c(F)cccc1F. The highest BCUT2D eigenvalue weighted by Gasteiger charge is 2.17. The lowest BCUT2D eigenvalue weighted by molar-refractivity contribution is 0.531. The fraction of sp³-hybridized carbons (Fsp3) is 0.400. The van der Waals surface area contributed by atoms with Gasteiger partial charge in [-0.1, -0.05) is 19.9 Å². The zero-order valence-corrected chi connectivity index (χ0v) is 12.0. The fourth-order valence-electron chi connectivity index (χ4n) is 1.72. The van der Waals surface area contributed by atoms with Gasteiger partial charge in [0.1, 0.15) is 17.3 Å². The predicted molar refractivity (Wildman–Crippen MR) is 74.0 cm³/mol. The molecule has 0 amide bonds. The molecule has 4 heteroatoms. The number of aromatic nitrogens is 2. The maximum absolute atomic E-state index is 13.6. The van der Waals surface area contributed by atoms with Gasteiger partial charge in [-0.05, 0) is 38.5 Å². The minimum Gasteiger partial charge on any atom is -0.269 e. The van der Waals surface area contributed by atoms with E-state index in [1.165, 1.54) is 18.2 Å². The van der Waals surface area contributed by atoms with Crippen molar-refractivity contribution in [2.45, 2.75) is 40.7 Å². The molecule has 0 aliphatic rings. The number of hydrogen-bond acceptors (Lipinski definition) is 1. The monoisotopic (exact) mass is 266 g/mol. The highest BCUT2D eigenvalue weighted by Crippen LogP contribution is 2.27. The van der Waals surface area contributed by atoms with E-state index in [4.69, 9.17) is 0 Å². The summed E-state index contributed by atoms with van der Waals surface area (Å²) in [5.74, 6) is -1.16. The maximum Gasteiger partial charge on any atom is 0.135 e. The molecule has 104 valence electrons. The van der Waals surface area contributed by atoms with Gasteiger partial charge in [-0.15, -0.1) is 0 Å². The summed E-state index contributed by atoms with van der Waals surface area (Å²) in [6.07, 6.45) is 1.80. The van der Waals surface area contributed by atoms with Gasteiger partial charge in [0.25, 0.3) is 0 Å². The third-order valence-electron chi connectivity index (χ3n) is 2.64. The summed E-state index contributed by atoms with van der Waals surface area (Å²) in [7, 11) is 0. The van der Waals surface area contributed by atoms with Gasteiger partial charge in [-0.25, -0.2) is 8.78 Å². The highest BCUT2D eigenvalue weighted by atomic mass is 19.1. The summed E-state index contributed by atoms with van der Waals surface area (Å²) >= 11 is 0. The molecule has 0 radical (unpaired) electrons. The van der Waals surface area contributed by atoms with Crippen molar-refractivity contribution < 1.29 is 8.78 Å². The molecule has 2 rings (SSSR count). The first kappa shape index (κ1) is 15.3. The van der Waals surface area contributed by atoms with Crippen LogP contribution in [-0.4, -0.2) is 9.78 Å². The molecule has 1 aromatic carbocycles. The van der Waals surface area contributed by atoms with E-state index in [9.17, 15) is 8.78 Å². The van der Waals surface area contributed by atoms with Crippen LogP contribution < -0.4 is 0 Å². The molecule has 2 nitrogen and oxygen atoms in total. The maximum atomic E-state index is 13.6. The Bertz CT molecular complexity index is 525. The van der Waals surface area contributed by atoms with Crippen molar-refractivity contribution >= 4 is 0 Å². The molecule has 0 fully saturated rings. The number of rotatable bonds is 2. The number of hydrogen-bond donors (Lipinski definition) is 0. The van der Waals surface area contributed by atoms with Gasteiger partial charge in [-0.2, -0.15) is 5.10 Å². The van der Waals surface area contributed by atoms with Crippen LogP contribution >= 0.6 is 0 Å². The summed E-state index contributed by atoms with van der Waals surface area (Å²) in [4.78, 5) is 0. The Hall–Kier alpha value is -1.71. The number of nitrogens with zero attached hydrogens (tertiary/aromatic N) is 2. The van der Waals surface area contributed by atoms with Crippen molar-refractivity contribution in [1.82, 2.24) is 9.78 Å². The van der Waals surface area contributed by atoms with Crippen LogP contribution in [0.5, 0.6) is 0 Å². The third kappa shape index (κ3) is 3.19. The highest BCUT2D eigenvalue weighted by molar-refractivity contribution is 5.63. The van der Waals surface area contributed by atoms with Crippen molar-refractivity contribution in [2.24, 2.45) is 0 Å². The molecule has 0 aliphatic heterocycles. The first-order valence-electron chi connectivity index (χ1n) is 6.51. The minimum absolute atomic E-state index is 0.0515. The van der Waals surface area contributed by atoms with Crippen molar-refractivity contribution in [1.29, 1.82) is 0 Å². The van der Waals surface area contributed by atoms with Crippen LogP contribution in [0.15, 0.2) is 24.4 Å². The van der Waals surface area contributed by atoms with Crippen molar-refractivity contribution in [3.05, 3.63) is 41.6 Å². The molecular formula is C15H20F2N2. The summed E-state index contributed by atoms with van der Waals surface area (Å²) in [5, 5.41) is 4.24. The Morgan fingerprint density at radius 2 is 1.63 bits per heavy atom. The Morgan fingerprint density at radius 3 is 2.05 bits per heavy atom. The lowest BCUT2D eigenvalue weighted by Crippen LogP contribution is -2.01. The average Bonchev–Trinajstić information content (AvgIpc) is 2.74. The minimum atomic E-state index is -0.581. The van der Waals surface area contributed by atoms with Gasteiger partial charge in [0, 0.05) is 12.2 Å². The van der Waals surface area contributed by atoms with E-state index in [0.717, 1.165) is 5.56 Å². The van der Waals surface area contributed by atoms with Crippen LogP contribution in [-0.2, 0) is 0 Å². The molecule has 0 aliphatic carbocycles. The second kappa shape index (κ2) is 6.45. The van der Waals surface area contributed by atoms with E-state index >= 15 is 0 Å².